The topological polar surface area (TPSA) is 63.2 Å². The molecular weight excluding hydrogens is 357 g/mol. The second kappa shape index (κ2) is 6.23. The van der Waals surface area contributed by atoms with E-state index in [9.17, 15) is 13.2 Å². The summed E-state index contributed by atoms with van der Waals surface area (Å²) in [5.41, 5.74) is 0.710. The van der Waals surface area contributed by atoms with E-state index in [1.54, 1.807) is 18.2 Å². The molecule has 0 heterocycles. The summed E-state index contributed by atoms with van der Waals surface area (Å²) in [5.74, 6) is -0.393. The van der Waals surface area contributed by atoms with Gasteiger partial charge in [-0.15, -0.1) is 0 Å². The third kappa shape index (κ3) is 4.11. The molecule has 0 aromatic heterocycles. The van der Waals surface area contributed by atoms with Crippen molar-refractivity contribution in [3.05, 3.63) is 58.1 Å². The number of halogens is 3. The van der Waals surface area contributed by atoms with E-state index in [1.165, 1.54) is 24.3 Å². The van der Waals surface area contributed by atoms with Gasteiger partial charge >= 0.3 is 0 Å². The number of amides is 1. The van der Waals surface area contributed by atoms with Crippen LogP contribution in [0, 0.1) is 0 Å². The van der Waals surface area contributed by atoms with Crippen molar-refractivity contribution in [1.29, 1.82) is 0 Å². The molecular formula is C13H8Cl3NO3S. The van der Waals surface area contributed by atoms with Crippen LogP contribution in [-0.2, 0) is 9.05 Å². The maximum atomic E-state index is 12.0. The average molecular weight is 365 g/mol. The Bertz CT molecular complexity index is 806. The van der Waals surface area contributed by atoms with Gasteiger partial charge in [0.15, 0.2) is 0 Å². The molecule has 2 aromatic carbocycles. The summed E-state index contributed by atoms with van der Waals surface area (Å²) in [7, 11) is 1.29. The van der Waals surface area contributed by atoms with Crippen molar-refractivity contribution in [3.8, 4) is 0 Å². The normalized spacial score (nSPS) is 11.2. The third-order valence-electron chi connectivity index (χ3n) is 2.54. The molecule has 0 atom stereocenters. The monoisotopic (exact) mass is 363 g/mol. The van der Waals surface area contributed by atoms with Gasteiger partial charge in [0.25, 0.3) is 15.0 Å². The molecule has 1 amide bonds. The molecule has 0 saturated heterocycles. The Hall–Kier alpha value is -1.27. The van der Waals surface area contributed by atoms with Crippen LogP contribution in [0.5, 0.6) is 0 Å². The van der Waals surface area contributed by atoms with E-state index in [2.05, 4.69) is 5.32 Å². The minimum atomic E-state index is -3.93. The Labute approximate surface area is 136 Å². The largest absolute Gasteiger partial charge is 0.322 e. The predicted octanol–water partition coefficient (Wildman–Crippen LogP) is 4.17. The van der Waals surface area contributed by atoms with Crippen molar-refractivity contribution in [1.82, 2.24) is 0 Å². The molecule has 0 radical (unpaired) electrons. The number of carbonyl (C=O) groups excluding carboxylic acids is 1. The lowest BCUT2D eigenvalue weighted by Gasteiger charge is -2.07. The second-order valence-electron chi connectivity index (χ2n) is 4.05. The molecule has 1 N–H and O–H groups in total. The van der Waals surface area contributed by atoms with Crippen molar-refractivity contribution in [2.45, 2.75) is 4.90 Å². The molecule has 21 heavy (non-hydrogen) atoms. The number of carbonyl (C=O) groups is 1. The highest BCUT2D eigenvalue weighted by molar-refractivity contribution is 8.13. The summed E-state index contributed by atoms with van der Waals surface area (Å²) in [6.07, 6.45) is 0. The van der Waals surface area contributed by atoms with Crippen LogP contribution in [0.4, 0.5) is 5.69 Å². The van der Waals surface area contributed by atoms with E-state index in [1.807, 2.05) is 0 Å². The minimum absolute atomic E-state index is 0.0751. The van der Waals surface area contributed by atoms with Crippen LogP contribution in [0.3, 0.4) is 0 Å². The quantitative estimate of drug-likeness (QED) is 0.831. The fourth-order valence-electron chi connectivity index (χ4n) is 1.61. The lowest BCUT2D eigenvalue weighted by Crippen LogP contribution is -2.11. The molecule has 2 aromatic rings. The molecule has 110 valence electrons. The number of benzene rings is 2. The molecule has 0 aliphatic heterocycles. The van der Waals surface area contributed by atoms with E-state index in [-0.39, 0.29) is 9.92 Å². The van der Waals surface area contributed by atoms with Gasteiger partial charge in [-0.3, -0.25) is 4.79 Å². The van der Waals surface area contributed by atoms with Gasteiger partial charge in [0.05, 0.1) is 5.02 Å². The number of hydrogen-bond donors (Lipinski definition) is 1. The van der Waals surface area contributed by atoms with Crippen LogP contribution in [-0.4, -0.2) is 14.3 Å². The first kappa shape index (κ1) is 16.1. The maximum absolute atomic E-state index is 12.0. The summed E-state index contributed by atoms with van der Waals surface area (Å²) in [6.45, 7) is 0. The molecule has 8 heteroatoms. The van der Waals surface area contributed by atoms with Gasteiger partial charge in [0, 0.05) is 27.0 Å². The summed E-state index contributed by atoms with van der Waals surface area (Å²) in [6, 6.07) is 10.3. The Kier molecular flexibility index (Phi) is 4.78. The summed E-state index contributed by atoms with van der Waals surface area (Å²) >= 11 is 11.6. The number of rotatable bonds is 3. The van der Waals surface area contributed by atoms with Crippen LogP contribution in [0.2, 0.25) is 10.0 Å². The molecule has 0 fully saturated rings. The van der Waals surface area contributed by atoms with Gasteiger partial charge < -0.3 is 5.32 Å². The zero-order valence-electron chi connectivity index (χ0n) is 10.3. The standard InChI is InChI=1S/C13H8Cl3NO3S/c14-9-3-1-2-8(6-9)13(18)17-10-4-5-12(11(15)7-10)21(16,19)20/h1-7H,(H,17,18). The average Bonchev–Trinajstić information content (AvgIpc) is 2.37. The fraction of sp³-hybridized carbons (Fsp3) is 0. The molecule has 2 rings (SSSR count). The van der Waals surface area contributed by atoms with Gasteiger partial charge in [0.1, 0.15) is 4.90 Å². The molecule has 0 aliphatic carbocycles. The highest BCUT2D eigenvalue weighted by Crippen LogP contribution is 2.27. The van der Waals surface area contributed by atoms with Crippen LogP contribution in [0.25, 0.3) is 0 Å². The van der Waals surface area contributed by atoms with Gasteiger partial charge in [0.2, 0.25) is 0 Å². The highest BCUT2D eigenvalue weighted by Gasteiger charge is 2.15. The van der Waals surface area contributed by atoms with Crippen molar-refractivity contribution in [2.24, 2.45) is 0 Å². The first-order chi connectivity index (χ1) is 9.77. The van der Waals surface area contributed by atoms with Crippen LogP contribution >= 0.6 is 33.9 Å². The molecule has 4 nitrogen and oxygen atoms in total. The van der Waals surface area contributed by atoms with Crippen LogP contribution in [0.1, 0.15) is 10.4 Å². The van der Waals surface area contributed by atoms with Crippen molar-refractivity contribution < 1.29 is 13.2 Å². The van der Waals surface area contributed by atoms with Gasteiger partial charge in [-0.25, -0.2) is 8.42 Å². The zero-order chi connectivity index (χ0) is 15.6. The first-order valence-corrected chi connectivity index (χ1v) is 8.65. The summed E-state index contributed by atoms with van der Waals surface area (Å²) in [4.78, 5) is 11.8. The Morgan fingerprint density at radius 1 is 1.05 bits per heavy atom. The molecule has 0 saturated carbocycles. The molecule has 0 spiro atoms. The summed E-state index contributed by atoms with van der Waals surface area (Å²) < 4.78 is 22.5. The van der Waals surface area contributed by atoms with Crippen molar-refractivity contribution in [3.63, 3.8) is 0 Å². The predicted molar refractivity (Wildman–Crippen MR) is 83.9 cm³/mol. The van der Waals surface area contributed by atoms with Gasteiger partial charge in [-0.1, -0.05) is 29.3 Å². The Morgan fingerprint density at radius 3 is 2.33 bits per heavy atom. The number of nitrogens with one attached hydrogen (secondary N) is 1. The van der Waals surface area contributed by atoms with E-state index in [0.29, 0.717) is 16.3 Å². The lowest BCUT2D eigenvalue weighted by atomic mass is 10.2. The van der Waals surface area contributed by atoms with Crippen molar-refractivity contribution >= 4 is 54.5 Å². The SMILES string of the molecule is O=C(Nc1ccc(S(=O)(=O)Cl)c(Cl)c1)c1cccc(Cl)c1. The third-order valence-corrected chi connectivity index (χ3v) is 4.58. The van der Waals surface area contributed by atoms with E-state index >= 15 is 0 Å². The second-order valence-corrected chi connectivity index (χ2v) is 7.43. The zero-order valence-corrected chi connectivity index (χ0v) is 13.4. The van der Waals surface area contributed by atoms with Crippen molar-refractivity contribution in [2.75, 3.05) is 5.32 Å². The Morgan fingerprint density at radius 2 is 1.76 bits per heavy atom. The minimum Gasteiger partial charge on any atom is -0.322 e. The smallest absolute Gasteiger partial charge is 0.262 e. The van der Waals surface area contributed by atoms with E-state index in [4.69, 9.17) is 33.9 Å². The van der Waals surface area contributed by atoms with E-state index in [0.717, 1.165) is 0 Å². The highest BCUT2D eigenvalue weighted by atomic mass is 35.7. The Balaban J connectivity index is 2.25. The maximum Gasteiger partial charge on any atom is 0.262 e. The number of anilines is 1. The van der Waals surface area contributed by atoms with Gasteiger partial charge in [-0.05, 0) is 36.4 Å². The van der Waals surface area contributed by atoms with Gasteiger partial charge in [-0.2, -0.15) is 0 Å². The fourth-order valence-corrected chi connectivity index (χ4v) is 3.33. The molecule has 0 bridgehead atoms. The van der Waals surface area contributed by atoms with E-state index < -0.39 is 15.0 Å². The van der Waals surface area contributed by atoms with Crippen LogP contribution < -0.4 is 5.32 Å². The lowest BCUT2D eigenvalue weighted by molar-refractivity contribution is 0.102. The number of hydrogen-bond acceptors (Lipinski definition) is 3. The molecule has 0 unspecified atom stereocenters. The molecule has 0 aliphatic rings. The summed E-state index contributed by atoms with van der Waals surface area (Å²) in [5, 5.41) is 2.94. The van der Waals surface area contributed by atoms with Crippen LogP contribution in [0.15, 0.2) is 47.4 Å². The first-order valence-electron chi connectivity index (χ1n) is 5.58.